The summed E-state index contributed by atoms with van der Waals surface area (Å²) in [6.07, 6.45) is 0. The van der Waals surface area contributed by atoms with E-state index in [0.717, 1.165) is 5.56 Å². The third-order valence-electron chi connectivity index (χ3n) is 2.54. The van der Waals surface area contributed by atoms with Gasteiger partial charge in [0.15, 0.2) is 0 Å². The summed E-state index contributed by atoms with van der Waals surface area (Å²) >= 11 is 3.10. The number of halogens is 2. The van der Waals surface area contributed by atoms with E-state index in [-0.39, 0.29) is 5.82 Å². The summed E-state index contributed by atoms with van der Waals surface area (Å²) in [7, 11) is 1.33. The number of ether oxygens (including phenoxy) is 1. The van der Waals surface area contributed by atoms with Gasteiger partial charge in [-0.3, -0.25) is 0 Å². The molecule has 2 aromatic carbocycles. The fourth-order valence-corrected chi connectivity index (χ4v) is 1.87. The highest BCUT2D eigenvalue weighted by Gasteiger charge is 2.08. The summed E-state index contributed by atoms with van der Waals surface area (Å²) in [5, 5.41) is 0. The standard InChI is InChI=1S/C14H10BrFO2/c1-18-14(17)11-4-2-3-9(7-11)10-5-6-12(15)13(16)8-10/h2-8H,1H3. The van der Waals surface area contributed by atoms with Crippen LogP contribution >= 0.6 is 15.9 Å². The summed E-state index contributed by atoms with van der Waals surface area (Å²) in [5.74, 6) is -0.745. The van der Waals surface area contributed by atoms with Gasteiger partial charge in [-0.15, -0.1) is 0 Å². The summed E-state index contributed by atoms with van der Waals surface area (Å²) < 4.78 is 18.5. The van der Waals surface area contributed by atoms with Crippen molar-refractivity contribution in [2.45, 2.75) is 0 Å². The average Bonchev–Trinajstić information content (AvgIpc) is 2.41. The van der Waals surface area contributed by atoms with Crippen LogP contribution < -0.4 is 0 Å². The van der Waals surface area contributed by atoms with Gasteiger partial charge in [0.25, 0.3) is 0 Å². The Kier molecular flexibility index (Phi) is 3.77. The monoisotopic (exact) mass is 308 g/mol. The zero-order chi connectivity index (χ0) is 13.1. The van der Waals surface area contributed by atoms with Crippen LogP contribution in [0.1, 0.15) is 10.4 Å². The van der Waals surface area contributed by atoms with E-state index in [4.69, 9.17) is 0 Å². The Morgan fingerprint density at radius 3 is 2.56 bits per heavy atom. The van der Waals surface area contributed by atoms with Crippen LogP contribution in [0.5, 0.6) is 0 Å². The Hall–Kier alpha value is -1.68. The fourth-order valence-electron chi connectivity index (χ4n) is 1.62. The molecule has 0 N–H and O–H groups in total. The normalized spacial score (nSPS) is 10.2. The van der Waals surface area contributed by atoms with Crippen LogP contribution in [-0.2, 0) is 4.74 Å². The molecule has 0 saturated carbocycles. The zero-order valence-electron chi connectivity index (χ0n) is 9.61. The number of carbonyl (C=O) groups is 1. The Balaban J connectivity index is 2.44. The SMILES string of the molecule is COC(=O)c1cccc(-c2ccc(Br)c(F)c2)c1. The molecule has 18 heavy (non-hydrogen) atoms. The minimum absolute atomic E-state index is 0.337. The van der Waals surface area contributed by atoms with Crippen molar-refractivity contribution in [2.75, 3.05) is 7.11 Å². The molecule has 2 nitrogen and oxygen atoms in total. The lowest BCUT2D eigenvalue weighted by Gasteiger charge is -2.05. The first-order valence-corrected chi connectivity index (χ1v) is 6.05. The molecule has 0 amide bonds. The summed E-state index contributed by atoms with van der Waals surface area (Å²) in [6, 6.07) is 11.7. The van der Waals surface area contributed by atoms with Gasteiger partial charge in [0.1, 0.15) is 5.82 Å². The average molecular weight is 309 g/mol. The van der Waals surface area contributed by atoms with Gasteiger partial charge in [-0.05, 0) is 51.3 Å². The van der Waals surface area contributed by atoms with Crippen LogP contribution in [0.3, 0.4) is 0 Å². The molecule has 0 radical (unpaired) electrons. The maximum absolute atomic E-state index is 13.5. The first-order chi connectivity index (χ1) is 8.61. The molecule has 0 unspecified atom stereocenters. The molecule has 0 bridgehead atoms. The van der Waals surface area contributed by atoms with Crippen molar-refractivity contribution in [1.82, 2.24) is 0 Å². The highest BCUT2D eigenvalue weighted by atomic mass is 79.9. The maximum atomic E-state index is 13.5. The van der Waals surface area contributed by atoms with Crippen LogP contribution in [0.25, 0.3) is 11.1 Å². The summed E-state index contributed by atoms with van der Waals surface area (Å²) in [5.41, 5.74) is 1.92. The minimum Gasteiger partial charge on any atom is -0.465 e. The number of carbonyl (C=O) groups excluding carboxylic acids is 1. The second kappa shape index (κ2) is 5.31. The first kappa shape index (κ1) is 12.8. The van der Waals surface area contributed by atoms with Crippen molar-refractivity contribution in [2.24, 2.45) is 0 Å². The van der Waals surface area contributed by atoms with Gasteiger partial charge in [0, 0.05) is 0 Å². The maximum Gasteiger partial charge on any atom is 0.337 e. The van der Waals surface area contributed by atoms with Crippen molar-refractivity contribution in [3.63, 3.8) is 0 Å². The number of methoxy groups -OCH3 is 1. The third kappa shape index (κ3) is 2.59. The van der Waals surface area contributed by atoms with Gasteiger partial charge in [-0.25, -0.2) is 9.18 Å². The van der Waals surface area contributed by atoms with E-state index in [2.05, 4.69) is 20.7 Å². The first-order valence-electron chi connectivity index (χ1n) is 5.25. The second-order valence-corrected chi connectivity index (χ2v) is 4.56. The quantitative estimate of drug-likeness (QED) is 0.783. The van der Waals surface area contributed by atoms with Crippen molar-refractivity contribution in [3.05, 3.63) is 58.3 Å². The molecule has 4 heteroatoms. The van der Waals surface area contributed by atoms with E-state index in [9.17, 15) is 9.18 Å². The van der Waals surface area contributed by atoms with E-state index < -0.39 is 5.97 Å². The van der Waals surface area contributed by atoms with E-state index in [0.29, 0.717) is 15.6 Å². The molecular formula is C14H10BrFO2. The molecule has 0 spiro atoms. The lowest BCUT2D eigenvalue weighted by Crippen LogP contribution is -2.00. The van der Waals surface area contributed by atoms with Crippen LogP contribution in [0.15, 0.2) is 46.9 Å². The van der Waals surface area contributed by atoms with E-state index >= 15 is 0 Å². The molecule has 0 aliphatic heterocycles. The van der Waals surface area contributed by atoms with Gasteiger partial charge >= 0.3 is 5.97 Å². The fraction of sp³-hybridized carbons (Fsp3) is 0.0714. The van der Waals surface area contributed by atoms with Crippen LogP contribution in [-0.4, -0.2) is 13.1 Å². The van der Waals surface area contributed by atoms with Crippen molar-refractivity contribution < 1.29 is 13.9 Å². The molecule has 0 aromatic heterocycles. The van der Waals surface area contributed by atoms with Gasteiger partial charge in [-0.1, -0.05) is 18.2 Å². The molecular weight excluding hydrogens is 299 g/mol. The van der Waals surface area contributed by atoms with Gasteiger partial charge < -0.3 is 4.74 Å². The minimum atomic E-state index is -0.408. The van der Waals surface area contributed by atoms with E-state index in [1.165, 1.54) is 13.2 Å². The Morgan fingerprint density at radius 2 is 1.89 bits per heavy atom. The molecule has 92 valence electrons. The highest BCUT2D eigenvalue weighted by molar-refractivity contribution is 9.10. The second-order valence-electron chi connectivity index (χ2n) is 3.70. The van der Waals surface area contributed by atoms with Crippen molar-refractivity contribution in [3.8, 4) is 11.1 Å². The molecule has 0 aliphatic rings. The van der Waals surface area contributed by atoms with E-state index in [1.807, 2.05) is 6.07 Å². The van der Waals surface area contributed by atoms with Crippen LogP contribution in [0.2, 0.25) is 0 Å². The summed E-state index contributed by atoms with van der Waals surface area (Å²) in [4.78, 5) is 11.4. The number of rotatable bonds is 2. The predicted octanol–water partition coefficient (Wildman–Crippen LogP) is 4.04. The molecule has 0 atom stereocenters. The van der Waals surface area contributed by atoms with Gasteiger partial charge in [-0.2, -0.15) is 0 Å². The Bertz CT molecular complexity index is 596. The summed E-state index contributed by atoms with van der Waals surface area (Å²) in [6.45, 7) is 0. The number of benzene rings is 2. The van der Waals surface area contributed by atoms with Crippen LogP contribution in [0, 0.1) is 5.82 Å². The molecule has 2 aromatic rings. The Morgan fingerprint density at radius 1 is 1.17 bits per heavy atom. The van der Waals surface area contributed by atoms with Gasteiger partial charge in [0.05, 0.1) is 17.1 Å². The third-order valence-corrected chi connectivity index (χ3v) is 3.18. The topological polar surface area (TPSA) is 26.3 Å². The predicted molar refractivity (Wildman–Crippen MR) is 70.9 cm³/mol. The van der Waals surface area contributed by atoms with Crippen LogP contribution in [0.4, 0.5) is 4.39 Å². The lowest BCUT2D eigenvalue weighted by molar-refractivity contribution is 0.0601. The smallest absolute Gasteiger partial charge is 0.337 e. The number of hydrogen-bond donors (Lipinski definition) is 0. The lowest BCUT2D eigenvalue weighted by atomic mass is 10.0. The molecule has 0 fully saturated rings. The van der Waals surface area contributed by atoms with E-state index in [1.54, 1.807) is 30.3 Å². The van der Waals surface area contributed by atoms with Crippen molar-refractivity contribution >= 4 is 21.9 Å². The van der Waals surface area contributed by atoms with Crippen molar-refractivity contribution in [1.29, 1.82) is 0 Å². The zero-order valence-corrected chi connectivity index (χ0v) is 11.2. The Labute approximate surface area is 113 Å². The largest absolute Gasteiger partial charge is 0.465 e. The molecule has 2 rings (SSSR count). The van der Waals surface area contributed by atoms with Gasteiger partial charge in [0.2, 0.25) is 0 Å². The molecule has 0 saturated heterocycles. The molecule has 0 aliphatic carbocycles. The number of hydrogen-bond acceptors (Lipinski definition) is 2. The highest BCUT2D eigenvalue weighted by Crippen LogP contribution is 2.25. The number of esters is 1. The molecule has 0 heterocycles.